The Morgan fingerprint density at radius 1 is 1.04 bits per heavy atom. The lowest BCUT2D eigenvalue weighted by Gasteiger charge is -2.25. The molecule has 1 atom stereocenters. The van der Waals surface area contributed by atoms with E-state index in [-0.39, 0.29) is 17.2 Å². The van der Waals surface area contributed by atoms with Gasteiger partial charge in [-0.2, -0.15) is 11.8 Å². The average molecular weight is 382 g/mol. The van der Waals surface area contributed by atoms with Gasteiger partial charge in [0.05, 0.1) is 0 Å². The van der Waals surface area contributed by atoms with Crippen molar-refractivity contribution in [3.05, 3.63) is 65.2 Å². The van der Waals surface area contributed by atoms with Crippen molar-refractivity contribution in [1.29, 1.82) is 0 Å². The molecular weight excluding hydrogens is 358 g/mol. The summed E-state index contributed by atoms with van der Waals surface area (Å²) in [7, 11) is 0. The Balaban J connectivity index is 1.29. The normalized spacial score (nSPS) is 18.3. The summed E-state index contributed by atoms with van der Waals surface area (Å²) in [6.07, 6.45) is 3.22. The summed E-state index contributed by atoms with van der Waals surface area (Å²) in [6.45, 7) is 0.593. The zero-order valence-corrected chi connectivity index (χ0v) is 15.9. The van der Waals surface area contributed by atoms with Crippen LogP contribution in [0.15, 0.2) is 48.5 Å². The molecule has 0 aromatic heterocycles. The molecule has 4 rings (SSSR count). The lowest BCUT2D eigenvalue weighted by Crippen LogP contribution is -2.32. The van der Waals surface area contributed by atoms with Crippen molar-refractivity contribution in [2.45, 2.75) is 30.6 Å². The zero-order chi connectivity index (χ0) is 18.6. The topological polar surface area (TPSA) is 70.2 Å². The number of nitrogens with one attached hydrogen (secondary N) is 3. The highest BCUT2D eigenvalue weighted by molar-refractivity contribution is 7.99. The number of fused-ring (bicyclic) bond motifs is 1. The van der Waals surface area contributed by atoms with E-state index in [4.69, 9.17) is 0 Å². The van der Waals surface area contributed by atoms with Gasteiger partial charge < -0.3 is 16.0 Å². The Hall–Kier alpha value is -2.47. The summed E-state index contributed by atoms with van der Waals surface area (Å²) < 4.78 is 0. The Morgan fingerprint density at radius 2 is 1.81 bits per heavy atom. The monoisotopic (exact) mass is 381 g/mol. The lowest BCUT2D eigenvalue weighted by molar-refractivity contribution is 0.0951. The van der Waals surface area contributed by atoms with Crippen LogP contribution in [0.3, 0.4) is 0 Å². The number of carbonyl (C=O) groups excluding carboxylic acids is 2. The maximum atomic E-state index is 12.2. The van der Waals surface area contributed by atoms with Crippen LogP contribution in [0.25, 0.3) is 0 Å². The van der Waals surface area contributed by atoms with Crippen molar-refractivity contribution in [3.63, 3.8) is 0 Å². The van der Waals surface area contributed by atoms with Crippen LogP contribution in [-0.4, -0.2) is 30.3 Å². The molecule has 1 aliphatic heterocycles. The predicted octanol–water partition coefficient (Wildman–Crippen LogP) is 3.73. The first kappa shape index (κ1) is 17.9. The van der Waals surface area contributed by atoms with Gasteiger partial charge in [0.2, 0.25) is 0 Å². The van der Waals surface area contributed by atoms with Gasteiger partial charge in [0.1, 0.15) is 0 Å². The number of thioether (sulfide) groups is 1. The summed E-state index contributed by atoms with van der Waals surface area (Å²) in [4.78, 5) is 24.2. The smallest absolute Gasteiger partial charge is 0.319 e. The molecule has 2 aromatic carbocycles. The lowest BCUT2D eigenvalue weighted by atomic mass is 10.0. The third kappa shape index (κ3) is 4.63. The largest absolute Gasteiger partial charge is 0.349 e. The third-order valence-corrected chi connectivity index (χ3v) is 6.12. The number of carbonyl (C=O) groups is 2. The maximum Gasteiger partial charge on any atom is 0.319 e. The van der Waals surface area contributed by atoms with Crippen LogP contribution in [-0.2, 0) is 6.42 Å². The van der Waals surface area contributed by atoms with Crippen molar-refractivity contribution in [1.82, 2.24) is 10.6 Å². The molecule has 2 aromatic rings. The highest BCUT2D eigenvalue weighted by atomic mass is 32.2. The number of urea groups is 1. The molecule has 3 amide bonds. The molecule has 6 heteroatoms. The molecule has 1 unspecified atom stereocenters. The van der Waals surface area contributed by atoms with E-state index in [9.17, 15) is 9.59 Å². The van der Waals surface area contributed by atoms with Crippen LogP contribution < -0.4 is 16.0 Å². The fourth-order valence-corrected chi connectivity index (χ4v) is 4.44. The first-order chi connectivity index (χ1) is 13.2. The molecule has 0 saturated heterocycles. The van der Waals surface area contributed by atoms with Gasteiger partial charge in [-0.3, -0.25) is 4.79 Å². The summed E-state index contributed by atoms with van der Waals surface area (Å²) in [5, 5.41) is 9.04. The zero-order valence-electron chi connectivity index (χ0n) is 15.0. The van der Waals surface area contributed by atoms with Gasteiger partial charge in [-0.05, 0) is 60.4 Å². The van der Waals surface area contributed by atoms with Crippen molar-refractivity contribution in [2.75, 3.05) is 17.6 Å². The average Bonchev–Trinajstić information content (AvgIpc) is 3.51. The number of rotatable bonds is 5. The van der Waals surface area contributed by atoms with Gasteiger partial charge in [-0.1, -0.05) is 24.3 Å². The first-order valence-electron chi connectivity index (χ1n) is 9.34. The highest BCUT2D eigenvalue weighted by Gasteiger charge is 2.24. The molecule has 3 N–H and O–H groups in total. The molecular formula is C21H23N3O2S. The Bertz CT molecular complexity index is 834. The predicted molar refractivity (Wildman–Crippen MR) is 109 cm³/mol. The minimum absolute atomic E-state index is 0.0542. The van der Waals surface area contributed by atoms with E-state index in [2.05, 4.69) is 40.2 Å². The molecule has 0 radical (unpaired) electrons. The van der Waals surface area contributed by atoms with Crippen LogP contribution in [0.4, 0.5) is 10.5 Å². The van der Waals surface area contributed by atoms with Gasteiger partial charge >= 0.3 is 6.03 Å². The highest BCUT2D eigenvalue weighted by Crippen LogP contribution is 2.35. The molecule has 27 heavy (non-hydrogen) atoms. The second-order valence-corrected chi connectivity index (χ2v) is 8.28. The third-order valence-electron chi connectivity index (χ3n) is 4.86. The van der Waals surface area contributed by atoms with Crippen LogP contribution >= 0.6 is 11.8 Å². The number of anilines is 1. The van der Waals surface area contributed by atoms with Crippen molar-refractivity contribution < 1.29 is 9.59 Å². The van der Waals surface area contributed by atoms with Gasteiger partial charge in [0.15, 0.2) is 0 Å². The molecule has 140 valence electrons. The molecule has 1 fully saturated rings. The first-order valence-corrected chi connectivity index (χ1v) is 10.4. The Morgan fingerprint density at radius 3 is 2.59 bits per heavy atom. The van der Waals surface area contributed by atoms with E-state index in [0.717, 1.165) is 25.0 Å². The quantitative estimate of drug-likeness (QED) is 0.739. The van der Waals surface area contributed by atoms with Crippen molar-refractivity contribution >= 4 is 29.4 Å². The minimum Gasteiger partial charge on any atom is -0.349 e. The second kappa shape index (κ2) is 8.05. The van der Waals surface area contributed by atoms with Gasteiger partial charge in [-0.15, -0.1) is 0 Å². The fraction of sp³-hybridized carbons (Fsp3) is 0.333. The number of hydrogen-bond donors (Lipinski definition) is 3. The Labute approximate surface area is 163 Å². The number of hydrogen-bond acceptors (Lipinski definition) is 3. The van der Waals surface area contributed by atoms with E-state index in [1.807, 2.05) is 11.8 Å². The summed E-state index contributed by atoms with van der Waals surface area (Å²) >= 11 is 1.88. The number of aryl methyl sites for hydroxylation is 1. The molecule has 1 saturated carbocycles. The molecule has 0 spiro atoms. The van der Waals surface area contributed by atoms with Crippen LogP contribution in [0.2, 0.25) is 0 Å². The second-order valence-electron chi connectivity index (χ2n) is 6.97. The van der Waals surface area contributed by atoms with E-state index >= 15 is 0 Å². The summed E-state index contributed by atoms with van der Waals surface area (Å²) in [6, 6.07) is 15.5. The maximum absolute atomic E-state index is 12.2. The van der Waals surface area contributed by atoms with Crippen LogP contribution in [0, 0.1) is 0 Å². The van der Waals surface area contributed by atoms with E-state index in [0.29, 0.717) is 23.8 Å². The molecule has 0 bridgehead atoms. The van der Waals surface area contributed by atoms with Crippen molar-refractivity contribution in [2.24, 2.45) is 0 Å². The molecule has 5 nitrogen and oxygen atoms in total. The van der Waals surface area contributed by atoms with Crippen LogP contribution in [0.5, 0.6) is 0 Å². The fourth-order valence-electron chi connectivity index (χ4n) is 3.21. The van der Waals surface area contributed by atoms with Gasteiger partial charge in [0.25, 0.3) is 5.91 Å². The van der Waals surface area contributed by atoms with Crippen LogP contribution in [0.1, 0.15) is 39.6 Å². The Kier molecular flexibility index (Phi) is 5.34. The molecule has 2 aliphatic rings. The van der Waals surface area contributed by atoms with E-state index < -0.39 is 0 Å². The standard InChI is InChI=1S/C21H23N3O2S/c25-20(23-16-9-10-16)15-5-7-17(8-6-15)24-21(26)22-13-19-18-4-2-1-3-14(18)11-12-27-19/h1-8,16,19H,9-13H2,(H,23,25)(H2,22,24,26). The SMILES string of the molecule is O=C(NCC1SCCc2ccccc21)Nc1ccc(C(=O)NC2CC2)cc1. The number of amides is 3. The van der Waals surface area contributed by atoms with Gasteiger partial charge in [-0.25, -0.2) is 4.79 Å². The molecule has 1 heterocycles. The summed E-state index contributed by atoms with van der Waals surface area (Å²) in [5.74, 6) is 1.02. The van der Waals surface area contributed by atoms with E-state index in [1.54, 1.807) is 24.3 Å². The van der Waals surface area contributed by atoms with Crippen molar-refractivity contribution in [3.8, 4) is 0 Å². The summed E-state index contributed by atoms with van der Waals surface area (Å²) in [5.41, 5.74) is 3.99. The minimum atomic E-state index is -0.228. The molecule has 1 aliphatic carbocycles. The number of benzene rings is 2. The van der Waals surface area contributed by atoms with Gasteiger partial charge in [0, 0.05) is 29.1 Å². The van der Waals surface area contributed by atoms with E-state index in [1.165, 1.54) is 11.1 Å².